The summed E-state index contributed by atoms with van der Waals surface area (Å²) in [4.78, 5) is 4.09. The molecule has 1 aliphatic rings. The molecule has 0 aliphatic carbocycles. The highest BCUT2D eigenvalue weighted by Gasteiger charge is 2.26. The van der Waals surface area contributed by atoms with E-state index in [0.29, 0.717) is 5.75 Å². The molecule has 0 unspecified atom stereocenters. The molecule has 0 amide bonds. The highest BCUT2D eigenvalue weighted by atomic mass is 79.9. The molecule has 2 rings (SSSR count). The lowest BCUT2D eigenvalue weighted by Crippen LogP contribution is -2.19. The van der Waals surface area contributed by atoms with Gasteiger partial charge in [-0.2, -0.15) is 0 Å². The molecule has 0 saturated carbocycles. The third kappa shape index (κ3) is 2.42. The predicted octanol–water partition coefficient (Wildman–Crippen LogP) is 2.52. The normalized spacial score (nSPS) is 17.5. The smallest absolute Gasteiger partial charge is 0.220 e. The zero-order valence-electron chi connectivity index (χ0n) is 9.05. The van der Waals surface area contributed by atoms with Gasteiger partial charge in [0.05, 0.1) is 9.38 Å². The maximum Gasteiger partial charge on any atom is 0.220 e. The molecule has 0 bridgehead atoms. The molecule has 0 radical (unpaired) electrons. The fourth-order valence-electron chi connectivity index (χ4n) is 1.30. The van der Waals surface area contributed by atoms with E-state index in [2.05, 4.69) is 20.9 Å². The molecule has 0 fully saturated rings. The van der Waals surface area contributed by atoms with Crippen LogP contribution in [0.2, 0.25) is 0 Å². The Morgan fingerprint density at radius 3 is 2.65 bits per heavy atom. The van der Waals surface area contributed by atoms with Crippen molar-refractivity contribution in [1.82, 2.24) is 0 Å². The van der Waals surface area contributed by atoms with Crippen LogP contribution >= 0.6 is 15.9 Å². The van der Waals surface area contributed by atoms with E-state index in [9.17, 15) is 8.42 Å². The number of rotatable bonds is 3. The van der Waals surface area contributed by atoms with Gasteiger partial charge in [-0.25, -0.2) is 13.4 Å². The van der Waals surface area contributed by atoms with Crippen molar-refractivity contribution in [3.8, 4) is 5.75 Å². The summed E-state index contributed by atoms with van der Waals surface area (Å²) in [6, 6.07) is 7.25. The summed E-state index contributed by atoms with van der Waals surface area (Å²) in [5, 5.41) is 0.0470. The van der Waals surface area contributed by atoms with Gasteiger partial charge in [0.25, 0.3) is 0 Å². The number of aliphatic imine (C=N–C) groups is 1. The predicted molar refractivity (Wildman–Crippen MR) is 69.7 cm³/mol. The van der Waals surface area contributed by atoms with Crippen LogP contribution in [0.15, 0.2) is 44.8 Å². The molecule has 1 heterocycles. The Kier molecular flexibility index (Phi) is 3.35. The topological polar surface area (TPSA) is 55.7 Å². The Hall–Kier alpha value is -1.14. The second-order valence-corrected chi connectivity index (χ2v) is 6.46. The molecule has 0 atom stereocenters. The van der Waals surface area contributed by atoms with Gasteiger partial charge in [-0.3, -0.25) is 0 Å². The van der Waals surface area contributed by atoms with Gasteiger partial charge in [-0.1, -0.05) is 12.1 Å². The van der Waals surface area contributed by atoms with Crippen molar-refractivity contribution in [2.24, 2.45) is 4.99 Å². The minimum Gasteiger partial charge on any atom is -0.485 e. The Morgan fingerprint density at radius 1 is 1.35 bits per heavy atom. The van der Waals surface area contributed by atoms with E-state index in [0.717, 1.165) is 4.47 Å². The minimum absolute atomic E-state index is 0.0470. The number of allylic oxidation sites excluding steroid dienone is 1. The molecule has 1 aliphatic heterocycles. The van der Waals surface area contributed by atoms with Crippen LogP contribution in [0.25, 0.3) is 0 Å². The molecule has 4 nitrogen and oxygen atoms in total. The first-order valence-electron chi connectivity index (χ1n) is 4.87. The van der Waals surface area contributed by atoms with Gasteiger partial charge >= 0.3 is 0 Å². The van der Waals surface area contributed by atoms with Gasteiger partial charge < -0.3 is 4.74 Å². The zero-order valence-corrected chi connectivity index (χ0v) is 11.5. The molecule has 90 valence electrons. The molecular formula is C11H10BrNO3S. The summed E-state index contributed by atoms with van der Waals surface area (Å²) in [5.41, 5.74) is 0. The van der Waals surface area contributed by atoms with Crippen LogP contribution in [0.4, 0.5) is 0 Å². The van der Waals surface area contributed by atoms with Crippen LogP contribution in [0.3, 0.4) is 0 Å². The Morgan fingerprint density at radius 2 is 2.06 bits per heavy atom. The van der Waals surface area contributed by atoms with E-state index in [-0.39, 0.29) is 16.6 Å². The third-order valence-electron chi connectivity index (χ3n) is 2.31. The van der Waals surface area contributed by atoms with Crippen molar-refractivity contribution in [1.29, 1.82) is 0 Å². The second-order valence-electron chi connectivity index (χ2n) is 3.49. The summed E-state index contributed by atoms with van der Waals surface area (Å²) in [5.74, 6) is 0.593. The summed E-state index contributed by atoms with van der Waals surface area (Å²) < 4.78 is 29.6. The van der Waals surface area contributed by atoms with E-state index in [1.54, 1.807) is 6.07 Å². The van der Waals surface area contributed by atoms with Crippen molar-refractivity contribution in [3.63, 3.8) is 0 Å². The van der Waals surface area contributed by atoms with Crippen LogP contribution in [0.5, 0.6) is 5.75 Å². The molecule has 6 heteroatoms. The molecule has 0 spiro atoms. The van der Waals surface area contributed by atoms with Crippen molar-refractivity contribution in [2.45, 2.75) is 6.92 Å². The van der Waals surface area contributed by atoms with Crippen molar-refractivity contribution >= 4 is 30.8 Å². The van der Waals surface area contributed by atoms with Crippen LogP contribution in [0.1, 0.15) is 6.92 Å². The van der Waals surface area contributed by atoms with Gasteiger partial charge in [0.2, 0.25) is 9.84 Å². The molecule has 1 aromatic rings. The number of halogens is 1. The van der Waals surface area contributed by atoms with E-state index >= 15 is 0 Å². The third-order valence-corrected chi connectivity index (χ3v) is 4.76. The Labute approximate surface area is 108 Å². The number of hydrogen-bond donors (Lipinski definition) is 0. The van der Waals surface area contributed by atoms with Gasteiger partial charge in [0, 0.05) is 6.20 Å². The number of hydrogen-bond acceptors (Lipinski definition) is 4. The second kappa shape index (κ2) is 4.62. The molecule has 17 heavy (non-hydrogen) atoms. The first-order chi connectivity index (χ1) is 8.01. The molecular weight excluding hydrogens is 306 g/mol. The van der Waals surface area contributed by atoms with Gasteiger partial charge in [0.15, 0.2) is 5.04 Å². The monoisotopic (exact) mass is 315 g/mol. The first-order valence-corrected chi connectivity index (χ1v) is 7.15. The lowest BCUT2D eigenvalue weighted by atomic mass is 10.3. The van der Waals surface area contributed by atoms with E-state index < -0.39 is 9.84 Å². The van der Waals surface area contributed by atoms with Crippen LogP contribution in [-0.2, 0) is 9.84 Å². The maximum absolute atomic E-state index is 11.7. The number of ether oxygens (including phenoxy) is 1. The average molecular weight is 316 g/mol. The maximum atomic E-state index is 11.7. The molecule has 0 aromatic heterocycles. The lowest BCUT2D eigenvalue weighted by Gasteiger charge is -2.07. The number of sulfone groups is 1. The van der Waals surface area contributed by atoms with Crippen molar-refractivity contribution in [3.05, 3.63) is 39.8 Å². The number of nitrogens with zero attached hydrogens (tertiary/aromatic N) is 1. The quantitative estimate of drug-likeness (QED) is 0.861. The largest absolute Gasteiger partial charge is 0.485 e. The van der Waals surface area contributed by atoms with Gasteiger partial charge in [-0.05, 0) is 35.0 Å². The SMILES string of the molecule is CC1=CN=C(COc2ccccc2Br)S1(=O)=O. The summed E-state index contributed by atoms with van der Waals surface area (Å²) in [7, 11) is -3.38. The standard InChI is InChI=1S/C11H10BrNO3S/c1-8-6-13-11(17(8,14)15)7-16-10-5-3-2-4-9(10)12/h2-6H,7H2,1H3. The average Bonchev–Trinajstić information content (AvgIpc) is 2.54. The number of benzene rings is 1. The fourth-order valence-corrected chi connectivity index (χ4v) is 2.67. The van der Waals surface area contributed by atoms with Gasteiger partial charge in [-0.15, -0.1) is 0 Å². The Balaban J connectivity index is 2.10. The van der Waals surface area contributed by atoms with E-state index in [1.807, 2.05) is 18.2 Å². The van der Waals surface area contributed by atoms with Crippen LogP contribution < -0.4 is 4.74 Å². The van der Waals surface area contributed by atoms with Crippen LogP contribution in [-0.4, -0.2) is 20.1 Å². The lowest BCUT2D eigenvalue weighted by molar-refractivity contribution is 0.376. The molecule has 0 N–H and O–H groups in total. The highest BCUT2D eigenvalue weighted by molar-refractivity contribution is 9.10. The van der Waals surface area contributed by atoms with Crippen molar-refractivity contribution < 1.29 is 13.2 Å². The molecule has 0 saturated heterocycles. The van der Waals surface area contributed by atoms with E-state index in [4.69, 9.17) is 4.74 Å². The van der Waals surface area contributed by atoms with Crippen LogP contribution in [0, 0.1) is 0 Å². The summed E-state index contributed by atoms with van der Waals surface area (Å²) in [6.45, 7) is 1.46. The summed E-state index contributed by atoms with van der Waals surface area (Å²) >= 11 is 3.32. The van der Waals surface area contributed by atoms with E-state index in [1.165, 1.54) is 13.1 Å². The zero-order chi connectivity index (χ0) is 12.5. The van der Waals surface area contributed by atoms with Gasteiger partial charge in [0.1, 0.15) is 12.4 Å². The minimum atomic E-state index is -3.38. The molecule has 1 aromatic carbocycles. The number of para-hydroxylation sites is 1. The Bertz CT molecular complexity index is 605. The first kappa shape index (κ1) is 12.3. The highest BCUT2D eigenvalue weighted by Crippen LogP contribution is 2.24. The van der Waals surface area contributed by atoms with Crippen molar-refractivity contribution in [2.75, 3.05) is 6.61 Å². The summed E-state index contributed by atoms with van der Waals surface area (Å²) in [6.07, 6.45) is 1.34. The fraction of sp³-hybridized carbons (Fsp3) is 0.182.